The predicted octanol–water partition coefficient (Wildman–Crippen LogP) is 1.24. The van der Waals surface area contributed by atoms with Crippen molar-refractivity contribution < 1.29 is 14.3 Å². The third-order valence-electron chi connectivity index (χ3n) is 2.63. The summed E-state index contributed by atoms with van der Waals surface area (Å²) < 4.78 is 6.32. The summed E-state index contributed by atoms with van der Waals surface area (Å²) in [6.45, 7) is 2.92. The number of aryl methyl sites for hydroxylation is 1. The van der Waals surface area contributed by atoms with Gasteiger partial charge in [-0.2, -0.15) is 5.10 Å². The largest absolute Gasteiger partial charge is 0.393 e. The molecule has 1 aromatic heterocycles. The Morgan fingerprint density at radius 3 is 2.75 bits per heavy atom. The molecule has 16 heavy (non-hydrogen) atoms. The summed E-state index contributed by atoms with van der Waals surface area (Å²) in [7, 11) is 0. The monoisotopic (exact) mass is 222 g/mol. The molecule has 0 atom stereocenters. The number of esters is 2. The second-order valence-electron chi connectivity index (χ2n) is 3.99. The van der Waals surface area contributed by atoms with Gasteiger partial charge in [0.05, 0.1) is 19.0 Å². The smallest absolute Gasteiger partial charge is 0.314 e. The molecule has 1 saturated heterocycles. The van der Waals surface area contributed by atoms with Gasteiger partial charge < -0.3 is 4.74 Å². The number of hydrogen-bond acceptors (Lipinski definition) is 4. The van der Waals surface area contributed by atoms with Gasteiger partial charge in [-0.1, -0.05) is 6.92 Å². The number of rotatable bonds is 3. The predicted molar refractivity (Wildman–Crippen MR) is 55.6 cm³/mol. The Bertz CT molecular complexity index is 395. The maximum absolute atomic E-state index is 11.1. The Labute approximate surface area is 93.4 Å². The van der Waals surface area contributed by atoms with E-state index in [0.29, 0.717) is 0 Å². The van der Waals surface area contributed by atoms with E-state index in [4.69, 9.17) is 0 Å². The van der Waals surface area contributed by atoms with E-state index in [2.05, 4.69) is 16.8 Å². The van der Waals surface area contributed by atoms with Crippen molar-refractivity contribution >= 4 is 11.9 Å². The standard InChI is InChI=1S/C11H14N2O3/c1-2-3-13-7-9(6-12-13)8-4-10(14)16-11(15)5-8/h6-8H,2-5H2,1H3. The molecule has 86 valence electrons. The van der Waals surface area contributed by atoms with Crippen molar-refractivity contribution in [1.29, 1.82) is 0 Å². The first-order chi connectivity index (χ1) is 7.69. The lowest BCUT2D eigenvalue weighted by molar-refractivity contribution is -0.163. The highest BCUT2D eigenvalue weighted by molar-refractivity contribution is 5.89. The Morgan fingerprint density at radius 2 is 2.12 bits per heavy atom. The second-order valence-corrected chi connectivity index (χ2v) is 3.99. The number of cyclic esters (lactones) is 2. The summed E-state index contributed by atoms with van der Waals surface area (Å²) in [5, 5.41) is 4.18. The SMILES string of the molecule is CCCn1cc(C2CC(=O)OC(=O)C2)cn1. The quantitative estimate of drug-likeness (QED) is 0.570. The molecule has 1 aliphatic heterocycles. The summed E-state index contributed by atoms with van der Waals surface area (Å²) in [5.41, 5.74) is 0.943. The van der Waals surface area contributed by atoms with E-state index in [1.165, 1.54) is 0 Å². The first-order valence-electron chi connectivity index (χ1n) is 5.45. The molecule has 0 N–H and O–H groups in total. The number of hydrogen-bond donors (Lipinski definition) is 0. The van der Waals surface area contributed by atoms with E-state index in [1.807, 2.05) is 10.9 Å². The van der Waals surface area contributed by atoms with Gasteiger partial charge in [-0.15, -0.1) is 0 Å². The van der Waals surface area contributed by atoms with Crippen LogP contribution in [0.3, 0.4) is 0 Å². The van der Waals surface area contributed by atoms with Crippen molar-refractivity contribution in [3.05, 3.63) is 18.0 Å². The minimum absolute atomic E-state index is 0.0700. The Hall–Kier alpha value is -1.65. The van der Waals surface area contributed by atoms with E-state index >= 15 is 0 Å². The fourth-order valence-corrected chi connectivity index (χ4v) is 1.86. The molecule has 2 heterocycles. The second kappa shape index (κ2) is 4.47. The first kappa shape index (κ1) is 10.9. The summed E-state index contributed by atoms with van der Waals surface area (Å²) >= 11 is 0. The fraction of sp³-hybridized carbons (Fsp3) is 0.545. The molecule has 0 amide bonds. The number of nitrogens with zero attached hydrogens (tertiary/aromatic N) is 2. The summed E-state index contributed by atoms with van der Waals surface area (Å²) in [6.07, 6.45) is 5.17. The molecule has 1 aromatic rings. The topological polar surface area (TPSA) is 61.2 Å². The lowest BCUT2D eigenvalue weighted by Crippen LogP contribution is -2.24. The van der Waals surface area contributed by atoms with Gasteiger partial charge in [0, 0.05) is 18.7 Å². The van der Waals surface area contributed by atoms with Crippen LogP contribution < -0.4 is 0 Å². The minimum atomic E-state index is -0.440. The van der Waals surface area contributed by atoms with Crippen LogP contribution in [0.4, 0.5) is 0 Å². The molecule has 1 aliphatic rings. The third kappa shape index (κ3) is 2.29. The van der Waals surface area contributed by atoms with Crippen LogP contribution >= 0.6 is 0 Å². The molecule has 5 heteroatoms. The number of carbonyl (C=O) groups is 2. The highest BCUT2D eigenvalue weighted by Gasteiger charge is 2.28. The van der Waals surface area contributed by atoms with Crippen LogP contribution in [-0.2, 0) is 20.9 Å². The van der Waals surface area contributed by atoms with Crippen molar-refractivity contribution in [2.75, 3.05) is 0 Å². The number of aromatic nitrogens is 2. The van der Waals surface area contributed by atoms with Crippen LogP contribution in [0.15, 0.2) is 12.4 Å². The molecule has 0 radical (unpaired) electrons. The van der Waals surface area contributed by atoms with E-state index in [-0.39, 0.29) is 18.8 Å². The van der Waals surface area contributed by atoms with Crippen molar-refractivity contribution in [2.24, 2.45) is 0 Å². The van der Waals surface area contributed by atoms with E-state index < -0.39 is 11.9 Å². The van der Waals surface area contributed by atoms with Gasteiger partial charge in [0.15, 0.2) is 0 Å². The van der Waals surface area contributed by atoms with Crippen LogP contribution in [0.5, 0.6) is 0 Å². The van der Waals surface area contributed by atoms with Crippen LogP contribution in [0.2, 0.25) is 0 Å². The first-order valence-corrected chi connectivity index (χ1v) is 5.45. The molecule has 2 rings (SSSR count). The van der Waals surface area contributed by atoms with Crippen LogP contribution in [-0.4, -0.2) is 21.7 Å². The molecule has 0 bridgehead atoms. The fourth-order valence-electron chi connectivity index (χ4n) is 1.86. The molecule has 5 nitrogen and oxygen atoms in total. The molecule has 0 unspecified atom stereocenters. The summed E-state index contributed by atoms with van der Waals surface area (Å²) in [5.74, 6) is -0.951. The molecule has 0 aliphatic carbocycles. The van der Waals surface area contributed by atoms with Gasteiger partial charge >= 0.3 is 11.9 Å². The zero-order valence-corrected chi connectivity index (χ0v) is 9.18. The lowest BCUT2D eigenvalue weighted by atomic mass is 9.94. The van der Waals surface area contributed by atoms with E-state index in [1.54, 1.807) is 6.20 Å². The van der Waals surface area contributed by atoms with Crippen LogP contribution in [0.25, 0.3) is 0 Å². The Balaban J connectivity index is 2.10. The Morgan fingerprint density at radius 1 is 1.44 bits per heavy atom. The maximum Gasteiger partial charge on any atom is 0.314 e. The molecule has 0 aromatic carbocycles. The Kier molecular flexibility index (Phi) is 3.03. The minimum Gasteiger partial charge on any atom is -0.393 e. The van der Waals surface area contributed by atoms with Crippen molar-refractivity contribution in [2.45, 2.75) is 38.6 Å². The van der Waals surface area contributed by atoms with E-state index in [9.17, 15) is 9.59 Å². The molecule has 0 spiro atoms. The average molecular weight is 222 g/mol. The van der Waals surface area contributed by atoms with Crippen LogP contribution in [0.1, 0.15) is 37.7 Å². The lowest BCUT2D eigenvalue weighted by Gasteiger charge is -2.18. The van der Waals surface area contributed by atoms with Gasteiger partial charge in [0.1, 0.15) is 0 Å². The van der Waals surface area contributed by atoms with Gasteiger partial charge in [-0.25, -0.2) is 0 Å². The number of carbonyl (C=O) groups excluding carboxylic acids is 2. The van der Waals surface area contributed by atoms with Crippen LogP contribution in [0, 0.1) is 0 Å². The molecule has 1 fully saturated rings. The van der Waals surface area contributed by atoms with Gasteiger partial charge in [-0.05, 0) is 12.0 Å². The van der Waals surface area contributed by atoms with Crippen molar-refractivity contribution in [3.8, 4) is 0 Å². The van der Waals surface area contributed by atoms with Crippen molar-refractivity contribution in [1.82, 2.24) is 9.78 Å². The van der Waals surface area contributed by atoms with E-state index in [0.717, 1.165) is 18.5 Å². The maximum atomic E-state index is 11.1. The molecular weight excluding hydrogens is 208 g/mol. The van der Waals surface area contributed by atoms with Gasteiger partial charge in [-0.3, -0.25) is 14.3 Å². The normalized spacial score (nSPS) is 17.6. The summed E-state index contributed by atoms with van der Waals surface area (Å²) in [4.78, 5) is 22.2. The highest BCUT2D eigenvalue weighted by atomic mass is 16.6. The third-order valence-corrected chi connectivity index (χ3v) is 2.63. The zero-order valence-electron chi connectivity index (χ0n) is 9.18. The van der Waals surface area contributed by atoms with Gasteiger partial charge in [0.25, 0.3) is 0 Å². The number of ether oxygens (including phenoxy) is 1. The van der Waals surface area contributed by atoms with Gasteiger partial charge in [0.2, 0.25) is 0 Å². The summed E-state index contributed by atoms with van der Waals surface area (Å²) in [6, 6.07) is 0. The van der Waals surface area contributed by atoms with Crippen molar-refractivity contribution in [3.63, 3.8) is 0 Å². The zero-order chi connectivity index (χ0) is 11.5. The average Bonchev–Trinajstić information content (AvgIpc) is 2.65. The highest BCUT2D eigenvalue weighted by Crippen LogP contribution is 2.27. The molecular formula is C11H14N2O3. The molecule has 0 saturated carbocycles.